The number of aromatic nitrogens is 3. The van der Waals surface area contributed by atoms with Crippen molar-refractivity contribution >= 4 is 5.78 Å². The summed E-state index contributed by atoms with van der Waals surface area (Å²) in [6.45, 7) is 4.80. The summed E-state index contributed by atoms with van der Waals surface area (Å²) in [6, 6.07) is 1.90. The van der Waals surface area contributed by atoms with Crippen LogP contribution in [0.15, 0.2) is 24.7 Å². The highest BCUT2D eigenvalue weighted by Crippen LogP contribution is 2.07. The average Bonchev–Trinajstić information content (AvgIpc) is 2.74. The van der Waals surface area contributed by atoms with E-state index in [4.69, 9.17) is 5.11 Å². The Labute approximate surface area is 101 Å². The van der Waals surface area contributed by atoms with Crippen LogP contribution < -0.4 is 0 Å². The Hall–Kier alpha value is -1.46. The Bertz CT molecular complexity index is 462. The number of fused-ring (bicyclic) bond motifs is 1. The van der Waals surface area contributed by atoms with Crippen LogP contribution in [0.1, 0.15) is 19.0 Å². The fourth-order valence-electron chi connectivity index (χ4n) is 1.95. The first-order valence-corrected chi connectivity index (χ1v) is 5.95. The molecule has 2 heterocycles. The highest BCUT2D eigenvalue weighted by Gasteiger charge is 2.08. The summed E-state index contributed by atoms with van der Waals surface area (Å²) in [5, 5.41) is 9.03. The van der Waals surface area contributed by atoms with Gasteiger partial charge in [-0.2, -0.15) is 0 Å². The number of aliphatic hydroxyl groups is 1. The van der Waals surface area contributed by atoms with Crippen molar-refractivity contribution in [3.63, 3.8) is 0 Å². The summed E-state index contributed by atoms with van der Waals surface area (Å²) in [5.41, 5.74) is 1.11. The Balaban J connectivity index is 2.15. The Morgan fingerprint density at radius 1 is 1.35 bits per heavy atom. The van der Waals surface area contributed by atoms with Crippen LogP contribution in [0, 0.1) is 0 Å². The average molecular weight is 234 g/mol. The lowest BCUT2D eigenvalue weighted by Gasteiger charge is -2.19. The van der Waals surface area contributed by atoms with Gasteiger partial charge in [0.05, 0.1) is 18.5 Å². The molecular weight excluding hydrogens is 216 g/mol. The van der Waals surface area contributed by atoms with E-state index in [1.807, 2.05) is 22.9 Å². The standard InChI is InChI=1S/C12H18N4O/c1-2-5-15(7-8-17)10-11-9-14-12-13-4-3-6-16(11)12/h3-4,6,9,17H,2,5,7-8,10H2,1H3. The van der Waals surface area contributed by atoms with Gasteiger partial charge in [-0.15, -0.1) is 0 Å². The van der Waals surface area contributed by atoms with Crippen LogP contribution >= 0.6 is 0 Å². The molecule has 0 saturated heterocycles. The first kappa shape index (κ1) is 12.0. The van der Waals surface area contributed by atoms with Gasteiger partial charge in [-0.05, 0) is 19.0 Å². The monoisotopic (exact) mass is 234 g/mol. The van der Waals surface area contributed by atoms with Crippen molar-refractivity contribution in [3.05, 3.63) is 30.4 Å². The lowest BCUT2D eigenvalue weighted by Crippen LogP contribution is -2.27. The summed E-state index contributed by atoms with van der Waals surface area (Å²) >= 11 is 0. The van der Waals surface area contributed by atoms with Crippen LogP contribution in [0.3, 0.4) is 0 Å². The molecule has 92 valence electrons. The zero-order valence-electron chi connectivity index (χ0n) is 10.1. The molecule has 2 rings (SSSR count). The quantitative estimate of drug-likeness (QED) is 0.808. The third-order valence-electron chi connectivity index (χ3n) is 2.71. The van der Waals surface area contributed by atoms with E-state index < -0.39 is 0 Å². The minimum atomic E-state index is 0.189. The highest BCUT2D eigenvalue weighted by atomic mass is 16.3. The second-order valence-electron chi connectivity index (χ2n) is 4.04. The SMILES string of the molecule is CCCN(CCO)Cc1cnc2ncccn12. The van der Waals surface area contributed by atoms with Gasteiger partial charge in [0, 0.05) is 25.5 Å². The first-order chi connectivity index (χ1) is 8.35. The summed E-state index contributed by atoms with van der Waals surface area (Å²) in [5.74, 6) is 0.725. The molecule has 2 aromatic rings. The number of imidazole rings is 1. The van der Waals surface area contributed by atoms with E-state index in [0.29, 0.717) is 6.54 Å². The molecule has 17 heavy (non-hydrogen) atoms. The van der Waals surface area contributed by atoms with Gasteiger partial charge in [-0.3, -0.25) is 9.30 Å². The predicted octanol–water partition coefficient (Wildman–Crippen LogP) is 0.934. The molecule has 5 nitrogen and oxygen atoms in total. The first-order valence-electron chi connectivity index (χ1n) is 5.95. The number of hydrogen-bond donors (Lipinski definition) is 1. The van der Waals surface area contributed by atoms with Crippen LogP contribution in [0.5, 0.6) is 0 Å². The second-order valence-corrected chi connectivity index (χ2v) is 4.04. The van der Waals surface area contributed by atoms with E-state index in [9.17, 15) is 0 Å². The van der Waals surface area contributed by atoms with Gasteiger partial charge in [-0.1, -0.05) is 6.92 Å². The minimum absolute atomic E-state index is 0.189. The summed E-state index contributed by atoms with van der Waals surface area (Å²) in [4.78, 5) is 10.7. The van der Waals surface area contributed by atoms with Gasteiger partial charge in [-0.25, -0.2) is 9.97 Å². The van der Waals surface area contributed by atoms with E-state index in [1.165, 1.54) is 0 Å². The highest BCUT2D eigenvalue weighted by molar-refractivity contribution is 5.30. The Morgan fingerprint density at radius 2 is 2.24 bits per heavy atom. The Kier molecular flexibility index (Phi) is 4.06. The molecule has 0 spiro atoms. The molecule has 0 fully saturated rings. The lowest BCUT2D eigenvalue weighted by atomic mass is 10.3. The molecule has 0 aromatic carbocycles. The van der Waals surface area contributed by atoms with Gasteiger partial charge < -0.3 is 5.11 Å². The van der Waals surface area contributed by atoms with E-state index >= 15 is 0 Å². The third kappa shape index (κ3) is 2.81. The van der Waals surface area contributed by atoms with E-state index in [1.54, 1.807) is 6.20 Å². The smallest absolute Gasteiger partial charge is 0.233 e. The molecule has 0 bridgehead atoms. The van der Waals surface area contributed by atoms with Crippen molar-refractivity contribution in [1.29, 1.82) is 0 Å². The van der Waals surface area contributed by atoms with E-state index in [2.05, 4.69) is 21.8 Å². The van der Waals surface area contributed by atoms with Crippen LogP contribution in [-0.2, 0) is 6.54 Å². The maximum Gasteiger partial charge on any atom is 0.233 e. The van der Waals surface area contributed by atoms with Crippen molar-refractivity contribution in [2.45, 2.75) is 19.9 Å². The van der Waals surface area contributed by atoms with Crippen molar-refractivity contribution in [3.8, 4) is 0 Å². The molecule has 0 unspecified atom stereocenters. The number of aliphatic hydroxyl groups excluding tert-OH is 1. The van der Waals surface area contributed by atoms with Crippen molar-refractivity contribution < 1.29 is 5.11 Å². The van der Waals surface area contributed by atoms with Crippen molar-refractivity contribution in [1.82, 2.24) is 19.3 Å². The maximum atomic E-state index is 9.03. The molecule has 0 radical (unpaired) electrons. The number of nitrogens with zero attached hydrogens (tertiary/aromatic N) is 4. The largest absolute Gasteiger partial charge is 0.395 e. The zero-order chi connectivity index (χ0) is 12.1. The van der Waals surface area contributed by atoms with Crippen LogP contribution in [-0.4, -0.2) is 44.1 Å². The molecule has 5 heteroatoms. The fraction of sp³-hybridized carbons (Fsp3) is 0.500. The van der Waals surface area contributed by atoms with Gasteiger partial charge in [0.15, 0.2) is 0 Å². The fourth-order valence-corrected chi connectivity index (χ4v) is 1.95. The van der Waals surface area contributed by atoms with Crippen molar-refractivity contribution in [2.75, 3.05) is 19.7 Å². The van der Waals surface area contributed by atoms with Gasteiger partial charge in [0.25, 0.3) is 0 Å². The van der Waals surface area contributed by atoms with Gasteiger partial charge in [0.1, 0.15) is 0 Å². The van der Waals surface area contributed by atoms with Gasteiger partial charge in [0.2, 0.25) is 5.78 Å². The lowest BCUT2D eigenvalue weighted by molar-refractivity contribution is 0.188. The molecule has 0 amide bonds. The summed E-state index contributed by atoms with van der Waals surface area (Å²) < 4.78 is 1.99. The molecular formula is C12H18N4O. The summed E-state index contributed by atoms with van der Waals surface area (Å²) in [6.07, 6.45) is 6.63. The molecule has 2 aromatic heterocycles. The predicted molar refractivity (Wildman–Crippen MR) is 65.6 cm³/mol. The molecule has 0 aliphatic heterocycles. The molecule has 0 aliphatic rings. The molecule has 0 atom stereocenters. The zero-order valence-corrected chi connectivity index (χ0v) is 10.1. The molecule has 1 N–H and O–H groups in total. The maximum absolute atomic E-state index is 9.03. The van der Waals surface area contributed by atoms with E-state index in [-0.39, 0.29) is 6.61 Å². The summed E-state index contributed by atoms with van der Waals surface area (Å²) in [7, 11) is 0. The molecule has 0 aliphatic carbocycles. The van der Waals surface area contributed by atoms with Crippen LogP contribution in [0.2, 0.25) is 0 Å². The third-order valence-corrected chi connectivity index (χ3v) is 2.71. The van der Waals surface area contributed by atoms with Crippen molar-refractivity contribution in [2.24, 2.45) is 0 Å². The second kappa shape index (κ2) is 5.75. The normalized spacial score (nSPS) is 11.5. The van der Waals surface area contributed by atoms with Crippen LogP contribution in [0.25, 0.3) is 5.78 Å². The topological polar surface area (TPSA) is 53.7 Å². The number of hydrogen-bond acceptors (Lipinski definition) is 4. The van der Waals surface area contributed by atoms with Crippen LogP contribution in [0.4, 0.5) is 0 Å². The van der Waals surface area contributed by atoms with Gasteiger partial charge >= 0.3 is 0 Å². The number of rotatable bonds is 6. The minimum Gasteiger partial charge on any atom is -0.395 e. The Morgan fingerprint density at radius 3 is 3.00 bits per heavy atom. The molecule has 0 saturated carbocycles. The van der Waals surface area contributed by atoms with E-state index in [0.717, 1.165) is 31.0 Å².